The van der Waals surface area contributed by atoms with Crippen molar-refractivity contribution in [3.63, 3.8) is 0 Å². The second-order valence-corrected chi connectivity index (χ2v) is 5.05. The minimum Gasteiger partial charge on any atom is -0.444 e. The molecule has 0 aliphatic rings. The Kier molecular flexibility index (Phi) is 3.40. The molecule has 100 valence electrons. The van der Waals surface area contributed by atoms with Gasteiger partial charge in [0.2, 0.25) is 11.8 Å². The average Bonchev–Trinajstić information content (AvgIpc) is 2.75. The fourth-order valence-electron chi connectivity index (χ4n) is 1.51. The fourth-order valence-corrected chi connectivity index (χ4v) is 1.51. The SMILES string of the molecule is Cc1coc(-c2cccc(NC(=O)C(C)(C)N)c2)n1. The number of hydrogen-bond acceptors (Lipinski definition) is 4. The van der Waals surface area contributed by atoms with E-state index in [1.54, 1.807) is 32.2 Å². The third kappa shape index (κ3) is 3.20. The minimum atomic E-state index is -0.921. The number of aryl methyl sites for hydroxylation is 1. The number of oxazole rings is 1. The molecule has 0 unspecified atom stereocenters. The van der Waals surface area contributed by atoms with Gasteiger partial charge in [0.05, 0.1) is 11.2 Å². The first-order valence-electron chi connectivity index (χ1n) is 5.99. The molecule has 19 heavy (non-hydrogen) atoms. The number of nitrogens with one attached hydrogen (secondary N) is 1. The van der Waals surface area contributed by atoms with E-state index in [0.29, 0.717) is 11.6 Å². The highest BCUT2D eigenvalue weighted by Gasteiger charge is 2.21. The summed E-state index contributed by atoms with van der Waals surface area (Å²) in [6, 6.07) is 7.29. The summed E-state index contributed by atoms with van der Waals surface area (Å²) in [6.07, 6.45) is 1.59. The molecular weight excluding hydrogens is 242 g/mol. The van der Waals surface area contributed by atoms with Gasteiger partial charge in [-0.15, -0.1) is 0 Å². The quantitative estimate of drug-likeness (QED) is 0.886. The van der Waals surface area contributed by atoms with Crippen LogP contribution >= 0.6 is 0 Å². The van der Waals surface area contributed by atoms with E-state index in [0.717, 1.165) is 11.3 Å². The van der Waals surface area contributed by atoms with Gasteiger partial charge in [-0.05, 0) is 39.0 Å². The van der Waals surface area contributed by atoms with Crippen LogP contribution in [-0.4, -0.2) is 16.4 Å². The molecule has 0 aliphatic heterocycles. The normalized spacial score (nSPS) is 11.4. The highest BCUT2D eigenvalue weighted by Crippen LogP contribution is 2.22. The molecule has 0 spiro atoms. The lowest BCUT2D eigenvalue weighted by molar-refractivity contribution is -0.120. The molecule has 0 bridgehead atoms. The van der Waals surface area contributed by atoms with Crippen molar-refractivity contribution < 1.29 is 9.21 Å². The largest absolute Gasteiger partial charge is 0.444 e. The van der Waals surface area contributed by atoms with E-state index in [1.165, 1.54) is 0 Å². The van der Waals surface area contributed by atoms with Crippen molar-refractivity contribution in [3.05, 3.63) is 36.2 Å². The molecule has 0 fully saturated rings. The third-order valence-electron chi connectivity index (χ3n) is 2.57. The summed E-state index contributed by atoms with van der Waals surface area (Å²) in [5.74, 6) is 0.286. The zero-order valence-electron chi connectivity index (χ0n) is 11.2. The Morgan fingerprint density at radius 3 is 2.74 bits per heavy atom. The summed E-state index contributed by atoms with van der Waals surface area (Å²) in [5, 5.41) is 2.77. The summed E-state index contributed by atoms with van der Waals surface area (Å²) in [4.78, 5) is 16.1. The number of nitrogens with zero attached hydrogens (tertiary/aromatic N) is 1. The van der Waals surface area contributed by atoms with Crippen LogP contribution in [0.25, 0.3) is 11.5 Å². The second kappa shape index (κ2) is 4.85. The smallest absolute Gasteiger partial charge is 0.243 e. The molecule has 1 aromatic carbocycles. The van der Waals surface area contributed by atoms with Crippen molar-refractivity contribution in [2.75, 3.05) is 5.32 Å². The lowest BCUT2D eigenvalue weighted by Crippen LogP contribution is -2.45. The molecule has 0 radical (unpaired) electrons. The highest BCUT2D eigenvalue weighted by atomic mass is 16.3. The van der Waals surface area contributed by atoms with Crippen LogP contribution < -0.4 is 11.1 Å². The average molecular weight is 259 g/mol. The van der Waals surface area contributed by atoms with Gasteiger partial charge in [0.25, 0.3) is 0 Å². The van der Waals surface area contributed by atoms with Crippen LogP contribution in [0.4, 0.5) is 5.69 Å². The number of benzene rings is 1. The summed E-state index contributed by atoms with van der Waals surface area (Å²) >= 11 is 0. The van der Waals surface area contributed by atoms with Crippen molar-refractivity contribution in [2.24, 2.45) is 5.73 Å². The minimum absolute atomic E-state index is 0.242. The zero-order valence-corrected chi connectivity index (χ0v) is 11.2. The predicted molar refractivity (Wildman–Crippen MR) is 73.6 cm³/mol. The van der Waals surface area contributed by atoms with Crippen molar-refractivity contribution in [2.45, 2.75) is 26.3 Å². The van der Waals surface area contributed by atoms with Crippen LogP contribution in [0.5, 0.6) is 0 Å². The van der Waals surface area contributed by atoms with Gasteiger partial charge in [-0.1, -0.05) is 6.07 Å². The van der Waals surface area contributed by atoms with E-state index < -0.39 is 5.54 Å². The van der Waals surface area contributed by atoms with Gasteiger partial charge in [-0.3, -0.25) is 4.79 Å². The molecular formula is C14H17N3O2. The Bertz CT molecular complexity index is 597. The Morgan fingerprint density at radius 2 is 2.16 bits per heavy atom. The number of carbonyl (C=O) groups is 1. The first-order valence-corrected chi connectivity index (χ1v) is 5.99. The number of rotatable bonds is 3. The van der Waals surface area contributed by atoms with Gasteiger partial charge in [0, 0.05) is 11.3 Å². The molecule has 3 N–H and O–H groups in total. The number of anilines is 1. The maximum absolute atomic E-state index is 11.8. The first kappa shape index (κ1) is 13.3. The first-order chi connectivity index (χ1) is 8.86. The van der Waals surface area contributed by atoms with Crippen LogP contribution in [0, 0.1) is 6.92 Å². The van der Waals surface area contributed by atoms with Gasteiger partial charge in [0.1, 0.15) is 6.26 Å². The second-order valence-electron chi connectivity index (χ2n) is 5.05. The molecule has 5 heteroatoms. The van der Waals surface area contributed by atoms with E-state index in [-0.39, 0.29) is 5.91 Å². The van der Waals surface area contributed by atoms with E-state index in [9.17, 15) is 4.79 Å². The zero-order chi connectivity index (χ0) is 14.0. The maximum Gasteiger partial charge on any atom is 0.243 e. The van der Waals surface area contributed by atoms with Gasteiger partial charge in [0.15, 0.2) is 0 Å². The van der Waals surface area contributed by atoms with Crippen molar-refractivity contribution in [1.82, 2.24) is 4.98 Å². The maximum atomic E-state index is 11.8. The fraction of sp³-hybridized carbons (Fsp3) is 0.286. The Balaban J connectivity index is 2.23. The molecule has 2 aromatic rings. The molecule has 5 nitrogen and oxygen atoms in total. The van der Waals surface area contributed by atoms with Crippen molar-refractivity contribution in [1.29, 1.82) is 0 Å². The van der Waals surface area contributed by atoms with Crippen LogP contribution in [0.2, 0.25) is 0 Å². The third-order valence-corrected chi connectivity index (χ3v) is 2.57. The molecule has 1 amide bonds. The standard InChI is InChI=1S/C14H17N3O2/c1-9-8-19-12(16-9)10-5-4-6-11(7-10)17-13(18)14(2,3)15/h4-8H,15H2,1-3H3,(H,17,18). The number of amides is 1. The number of nitrogens with two attached hydrogens (primary N) is 1. The molecule has 2 rings (SSSR count). The molecule has 1 aromatic heterocycles. The van der Waals surface area contributed by atoms with Gasteiger partial charge in [-0.25, -0.2) is 4.98 Å². The lowest BCUT2D eigenvalue weighted by atomic mass is 10.1. The summed E-state index contributed by atoms with van der Waals surface area (Å²) in [6.45, 7) is 5.17. The van der Waals surface area contributed by atoms with E-state index >= 15 is 0 Å². The molecule has 1 heterocycles. The van der Waals surface area contributed by atoms with E-state index in [4.69, 9.17) is 10.2 Å². The monoisotopic (exact) mass is 259 g/mol. The molecule has 0 saturated heterocycles. The van der Waals surface area contributed by atoms with Crippen LogP contribution in [-0.2, 0) is 4.79 Å². The topological polar surface area (TPSA) is 81.2 Å². The number of carbonyl (C=O) groups excluding carboxylic acids is 1. The predicted octanol–water partition coefficient (Wildman–Crippen LogP) is 2.33. The van der Waals surface area contributed by atoms with Gasteiger partial charge in [-0.2, -0.15) is 0 Å². The van der Waals surface area contributed by atoms with E-state index in [1.807, 2.05) is 19.1 Å². The summed E-state index contributed by atoms with van der Waals surface area (Å²) in [5.41, 5.74) is 7.10. The summed E-state index contributed by atoms with van der Waals surface area (Å²) < 4.78 is 5.33. The van der Waals surface area contributed by atoms with Crippen LogP contribution in [0.15, 0.2) is 34.9 Å². The van der Waals surface area contributed by atoms with Gasteiger partial charge < -0.3 is 15.5 Å². The lowest BCUT2D eigenvalue weighted by Gasteiger charge is -2.17. The molecule has 0 saturated carbocycles. The molecule has 0 aliphatic carbocycles. The molecule has 0 atom stereocenters. The Labute approximate surface area is 111 Å². The summed E-state index contributed by atoms with van der Waals surface area (Å²) in [7, 11) is 0. The number of aromatic nitrogens is 1. The number of hydrogen-bond donors (Lipinski definition) is 2. The Hall–Kier alpha value is -2.14. The van der Waals surface area contributed by atoms with Gasteiger partial charge >= 0.3 is 0 Å². The van der Waals surface area contributed by atoms with Crippen molar-refractivity contribution in [3.8, 4) is 11.5 Å². The Morgan fingerprint density at radius 1 is 1.42 bits per heavy atom. The van der Waals surface area contributed by atoms with Crippen LogP contribution in [0.3, 0.4) is 0 Å². The van der Waals surface area contributed by atoms with Crippen molar-refractivity contribution >= 4 is 11.6 Å². The highest BCUT2D eigenvalue weighted by molar-refractivity contribution is 5.97. The van der Waals surface area contributed by atoms with Crippen LogP contribution in [0.1, 0.15) is 19.5 Å². The van der Waals surface area contributed by atoms with E-state index in [2.05, 4.69) is 10.3 Å².